The van der Waals surface area contributed by atoms with Crippen molar-refractivity contribution >= 4 is 0 Å². The van der Waals surface area contributed by atoms with Crippen molar-refractivity contribution in [3.8, 4) is 0 Å². The monoisotopic (exact) mass is 288 g/mol. The average molecular weight is 288 g/mol. The molecule has 3 aliphatic carbocycles. The van der Waals surface area contributed by atoms with E-state index in [-0.39, 0.29) is 5.41 Å². The first-order valence-corrected chi connectivity index (χ1v) is 8.83. The number of fused-ring (bicyclic) bond motifs is 2. The van der Waals surface area contributed by atoms with Crippen LogP contribution in [0.15, 0.2) is 23.8 Å². The Hall–Kier alpha value is -0.560. The van der Waals surface area contributed by atoms with Crippen LogP contribution < -0.4 is 0 Å². The van der Waals surface area contributed by atoms with Crippen molar-refractivity contribution in [3.05, 3.63) is 23.8 Å². The fourth-order valence-electron chi connectivity index (χ4n) is 5.89. The molecule has 0 radical (unpaired) electrons. The molecule has 0 aromatic carbocycles. The summed E-state index contributed by atoms with van der Waals surface area (Å²) in [6, 6.07) is 0. The van der Waals surface area contributed by atoms with E-state index >= 15 is 0 Å². The number of allylic oxidation sites excluding steroid dienone is 3. The van der Waals surface area contributed by atoms with E-state index in [4.69, 9.17) is 0 Å². The molecule has 0 bridgehead atoms. The standard InChI is InChI=1S/C20H32O/c1-5-18(2)12-9-16-15(13-18)7-8-17-19(3,14-21)10-6-11-20(16,17)4/h5,17,21H,1,6-14H2,2-4H3/t17-,18-,19+,20+/m0/s1. The van der Waals surface area contributed by atoms with Gasteiger partial charge >= 0.3 is 0 Å². The number of hydrogen-bond acceptors (Lipinski definition) is 1. The van der Waals surface area contributed by atoms with Crippen molar-refractivity contribution in [2.75, 3.05) is 6.61 Å². The number of aliphatic hydroxyl groups is 1. The van der Waals surface area contributed by atoms with Gasteiger partial charge < -0.3 is 5.11 Å². The van der Waals surface area contributed by atoms with Crippen LogP contribution in [0.2, 0.25) is 0 Å². The van der Waals surface area contributed by atoms with Gasteiger partial charge in [0.05, 0.1) is 0 Å². The molecule has 21 heavy (non-hydrogen) atoms. The molecule has 1 heteroatoms. The van der Waals surface area contributed by atoms with Gasteiger partial charge in [-0.05, 0) is 67.1 Å². The molecule has 1 nitrogen and oxygen atoms in total. The quantitative estimate of drug-likeness (QED) is 0.687. The fraction of sp³-hybridized carbons (Fsp3) is 0.800. The molecule has 118 valence electrons. The van der Waals surface area contributed by atoms with Crippen LogP contribution in [-0.2, 0) is 0 Å². The Morgan fingerprint density at radius 1 is 1.19 bits per heavy atom. The summed E-state index contributed by atoms with van der Waals surface area (Å²) in [7, 11) is 0. The summed E-state index contributed by atoms with van der Waals surface area (Å²) in [6.45, 7) is 11.6. The lowest BCUT2D eigenvalue weighted by atomic mass is 9.47. The lowest BCUT2D eigenvalue weighted by molar-refractivity contribution is -0.0415. The van der Waals surface area contributed by atoms with Gasteiger partial charge in [0, 0.05) is 6.61 Å². The molecule has 0 aliphatic heterocycles. The SMILES string of the molecule is C=C[C@@]1(C)CCC2=C(CC[C@H]3[C@@](C)(CO)CCC[C@]23C)C1. The highest BCUT2D eigenvalue weighted by atomic mass is 16.3. The van der Waals surface area contributed by atoms with Crippen molar-refractivity contribution < 1.29 is 5.11 Å². The van der Waals surface area contributed by atoms with Gasteiger partial charge in [-0.3, -0.25) is 0 Å². The maximum Gasteiger partial charge on any atom is 0.0487 e. The highest BCUT2D eigenvalue weighted by molar-refractivity contribution is 5.32. The van der Waals surface area contributed by atoms with E-state index in [9.17, 15) is 5.11 Å². The maximum atomic E-state index is 9.99. The highest BCUT2D eigenvalue weighted by Crippen LogP contribution is 2.62. The minimum absolute atomic E-state index is 0.144. The Kier molecular flexibility index (Phi) is 3.64. The molecule has 0 aromatic heterocycles. The molecule has 1 N–H and O–H groups in total. The van der Waals surface area contributed by atoms with Gasteiger partial charge in [0.1, 0.15) is 0 Å². The topological polar surface area (TPSA) is 20.2 Å². The minimum Gasteiger partial charge on any atom is -0.396 e. The average Bonchev–Trinajstić information content (AvgIpc) is 2.46. The van der Waals surface area contributed by atoms with Gasteiger partial charge in [0.2, 0.25) is 0 Å². The highest BCUT2D eigenvalue weighted by Gasteiger charge is 2.53. The molecular formula is C20H32O. The van der Waals surface area contributed by atoms with Crippen molar-refractivity contribution in [3.63, 3.8) is 0 Å². The summed E-state index contributed by atoms with van der Waals surface area (Å²) >= 11 is 0. The summed E-state index contributed by atoms with van der Waals surface area (Å²) in [5.74, 6) is 0.676. The summed E-state index contributed by atoms with van der Waals surface area (Å²) in [4.78, 5) is 0. The van der Waals surface area contributed by atoms with Crippen LogP contribution in [0, 0.1) is 22.2 Å². The fourth-order valence-corrected chi connectivity index (χ4v) is 5.89. The second kappa shape index (κ2) is 4.98. The van der Waals surface area contributed by atoms with E-state index in [2.05, 4.69) is 33.4 Å². The zero-order chi connectivity index (χ0) is 15.3. The van der Waals surface area contributed by atoms with Crippen molar-refractivity contribution in [1.82, 2.24) is 0 Å². The smallest absolute Gasteiger partial charge is 0.0487 e. The molecule has 3 rings (SSSR count). The molecule has 0 heterocycles. The second-order valence-electron chi connectivity index (χ2n) is 8.79. The third-order valence-corrected chi connectivity index (χ3v) is 7.32. The molecule has 0 saturated heterocycles. The molecule has 3 aliphatic rings. The Balaban J connectivity index is 1.98. The summed E-state index contributed by atoms with van der Waals surface area (Å²) < 4.78 is 0. The van der Waals surface area contributed by atoms with Crippen molar-refractivity contribution in [2.24, 2.45) is 22.2 Å². The van der Waals surface area contributed by atoms with E-state index in [0.29, 0.717) is 23.4 Å². The maximum absolute atomic E-state index is 9.99. The molecule has 1 fully saturated rings. The molecule has 0 amide bonds. The number of hydrogen-bond donors (Lipinski definition) is 1. The molecule has 4 atom stereocenters. The summed E-state index contributed by atoms with van der Waals surface area (Å²) in [5.41, 5.74) is 4.33. The van der Waals surface area contributed by atoms with Gasteiger partial charge in [-0.25, -0.2) is 0 Å². The van der Waals surface area contributed by atoms with Crippen LogP contribution in [0.3, 0.4) is 0 Å². The Bertz CT molecular complexity index is 476. The van der Waals surface area contributed by atoms with Gasteiger partial charge in [0.25, 0.3) is 0 Å². The molecule has 0 spiro atoms. The first kappa shape index (κ1) is 15.3. The van der Waals surface area contributed by atoms with Gasteiger partial charge in [-0.1, -0.05) is 44.4 Å². The van der Waals surface area contributed by atoms with Crippen LogP contribution in [-0.4, -0.2) is 11.7 Å². The predicted molar refractivity (Wildman–Crippen MR) is 89.1 cm³/mol. The van der Waals surface area contributed by atoms with Crippen LogP contribution in [0.25, 0.3) is 0 Å². The van der Waals surface area contributed by atoms with Gasteiger partial charge in [-0.15, -0.1) is 6.58 Å². The Morgan fingerprint density at radius 3 is 2.62 bits per heavy atom. The molecule has 1 saturated carbocycles. The summed E-state index contributed by atoms with van der Waals surface area (Å²) in [6.07, 6.45) is 12.3. The minimum atomic E-state index is 0.144. The third kappa shape index (κ3) is 2.23. The van der Waals surface area contributed by atoms with Crippen LogP contribution >= 0.6 is 0 Å². The number of rotatable bonds is 2. The van der Waals surface area contributed by atoms with Gasteiger partial charge in [-0.2, -0.15) is 0 Å². The van der Waals surface area contributed by atoms with Crippen LogP contribution in [0.5, 0.6) is 0 Å². The first-order chi connectivity index (χ1) is 9.87. The van der Waals surface area contributed by atoms with E-state index in [0.717, 1.165) is 0 Å². The van der Waals surface area contributed by atoms with Crippen molar-refractivity contribution in [1.29, 1.82) is 0 Å². The second-order valence-corrected chi connectivity index (χ2v) is 8.79. The Labute approximate surface area is 130 Å². The van der Waals surface area contributed by atoms with E-state index in [1.807, 2.05) is 0 Å². The molecule has 0 aromatic rings. The van der Waals surface area contributed by atoms with Crippen molar-refractivity contribution in [2.45, 2.75) is 72.1 Å². The number of aliphatic hydroxyl groups excluding tert-OH is 1. The van der Waals surface area contributed by atoms with E-state index < -0.39 is 0 Å². The zero-order valence-electron chi connectivity index (χ0n) is 14.2. The molecule has 0 unspecified atom stereocenters. The van der Waals surface area contributed by atoms with E-state index in [1.54, 1.807) is 11.1 Å². The van der Waals surface area contributed by atoms with Gasteiger partial charge in [0.15, 0.2) is 0 Å². The first-order valence-electron chi connectivity index (χ1n) is 8.83. The van der Waals surface area contributed by atoms with Crippen LogP contribution in [0.4, 0.5) is 0 Å². The lowest BCUT2D eigenvalue weighted by Gasteiger charge is -2.57. The van der Waals surface area contributed by atoms with Crippen LogP contribution in [0.1, 0.15) is 72.1 Å². The summed E-state index contributed by atoms with van der Waals surface area (Å²) in [5, 5.41) is 9.99. The lowest BCUT2D eigenvalue weighted by Crippen LogP contribution is -2.49. The predicted octanol–water partition coefficient (Wildman–Crippen LogP) is 5.26. The molecular weight excluding hydrogens is 256 g/mol. The zero-order valence-corrected chi connectivity index (χ0v) is 14.2. The Morgan fingerprint density at radius 2 is 1.95 bits per heavy atom. The third-order valence-electron chi connectivity index (χ3n) is 7.32. The normalized spacial score (nSPS) is 46.8. The largest absolute Gasteiger partial charge is 0.396 e. The van der Waals surface area contributed by atoms with E-state index in [1.165, 1.54) is 51.4 Å².